The Morgan fingerprint density at radius 2 is 2.05 bits per heavy atom. The molecule has 8 heteroatoms. The number of likely N-dealkylation sites (N-methyl/N-ethyl adjacent to an activating group) is 1. The van der Waals surface area contributed by atoms with Crippen LogP contribution >= 0.6 is 0 Å². The fourth-order valence-electron chi connectivity index (χ4n) is 2.15. The van der Waals surface area contributed by atoms with E-state index in [0.717, 1.165) is 0 Å². The van der Waals surface area contributed by atoms with E-state index in [1.54, 1.807) is 13.8 Å². The minimum atomic E-state index is -1.31. The monoisotopic (exact) mass is 291 g/mol. The van der Waals surface area contributed by atoms with Crippen LogP contribution in [0, 0.1) is 6.92 Å². The number of fused-ring (bicyclic) bond motifs is 1. The van der Waals surface area contributed by atoms with Crippen molar-refractivity contribution in [3.05, 3.63) is 23.8 Å². The first-order chi connectivity index (χ1) is 9.80. The molecule has 0 aromatic carbocycles. The van der Waals surface area contributed by atoms with Gasteiger partial charge >= 0.3 is 5.97 Å². The summed E-state index contributed by atoms with van der Waals surface area (Å²) in [5, 5.41) is 13.3. The van der Waals surface area contributed by atoms with Crippen LogP contribution in [0.3, 0.4) is 0 Å². The summed E-state index contributed by atoms with van der Waals surface area (Å²) in [7, 11) is 0. The van der Waals surface area contributed by atoms with Gasteiger partial charge in [-0.15, -0.1) is 0 Å². The van der Waals surface area contributed by atoms with Gasteiger partial charge in [0, 0.05) is 12.7 Å². The Morgan fingerprint density at radius 1 is 1.38 bits per heavy atom. The fraction of sp³-hybridized carbons (Fsp3) is 0.462. The van der Waals surface area contributed by atoms with Crippen LogP contribution in [0.1, 0.15) is 36.8 Å². The Labute approximate surface area is 121 Å². The fourth-order valence-corrected chi connectivity index (χ4v) is 2.15. The van der Waals surface area contributed by atoms with Gasteiger partial charge in [-0.05, 0) is 27.7 Å². The summed E-state index contributed by atoms with van der Waals surface area (Å²) in [5.41, 5.74) is -0.429. The summed E-state index contributed by atoms with van der Waals surface area (Å²) >= 11 is 0. The molecule has 2 rings (SSSR count). The van der Waals surface area contributed by atoms with Crippen LogP contribution in [0.25, 0.3) is 5.78 Å². The normalized spacial score (nSPS) is 11.6. The van der Waals surface area contributed by atoms with Gasteiger partial charge in [-0.1, -0.05) is 0 Å². The molecule has 0 aliphatic rings. The van der Waals surface area contributed by atoms with Crippen LogP contribution in [0.5, 0.6) is 0 Å². The van der Waals surface area contributed by atoms with Crippen LogP contribution < -0.4 is 0 Å². The summed E-state index contributed by atoms with van der Waals surface area (Å²) < 4.78 is 1.45. The number of carbonyl (C=O) groups excluding carboxylic acids is 1. The molecule has 1 amide bonds. The van der Waals surface area contributed by atoms with E-state index in [9.17, 15) is 14.7 Å². The number of nitrogens with zero attached hydrogens (tertiary/aromatic N) is 5. The predicted molar refractivity (Wildman–Crippen MR) is 73.9 cm³/mol. The van der Waals surface area contributed by atoms with E-state index in [1.165, 1.54) is 35.8 Å². The molecule has 0 spiro atoms. The highest BCUT2D eigenvalue weighted by atomic mass is 16.4. The molecule has 0 aliphatic carbocycles. The highest BCUT2D eigenvalue weighted by Crippen LogP contribution is 2.19. The molecule has 1 N–H and O–H groups in total. The molecule has 0 fully saturated rings. The highest BCUT2D eigenvalue weighted by Gasteiger charge is 2.38. The first kappa shape index (κ1) is 14.9. The average Bonchev–Trinajstić information content (AvgIpc) is 2.88. The number of carbonyl (C=O) groups is 2. The second kappa shape index (κ2) is 5.12. The molecule has 0 radical (unpaired) electrons. The number of hydrogen-bond acceptors (Lipinski definition) is 5. The van der Waals surface area contributed by atoms with E-state index in [1.807, 2.05) is 0 Å². The van der Waals surface area contributed by atoms with Gasteiger partial charge in [-0.25, -0.2) is 14.3 Å². The number of aromatic nitrogens is 4. The summed E-state index contributed by atoms with van der Waals surface area (Å²) in [6.45, 7) is 6.71. The van der Waals surface area contributed by atoms with E-state index in [2.05, 4.69) is 15.1 Å². The van der Waals surface area contributed by atoms with Gasteiger partial charge in [0.05, 0.1) is 11.3 Å². The Morgan fingerprint density at radius 3 is 2.62 bits per heavy atom. The Kier molecular flexibility index (Phi) is 3.63. The maximum absolute atomic E-state index is 12.7. The topological polar surface area (TPSA) is 101 Å². The van der Waals surface area contributed by atoms with Gasteiger partial charge in [0.25, 0.3) is 11.7 Å². The smallest absolute Gasteiger partial charge is 0.329 e. The molecule has 0 saturated carbocycles. The summed E-state index contributed by atoms with van der Waals surface area (Å²) in [5.74, 6) is -1.07. The van der Waals surface area contributed by atoms with E-state index in [0.29, 0.717) is 17.0 Å². The zero-order valence-corrected chi connectivity index (χ0v) is 12.4. The van der Waals surface area contributed by atoms with Crippen molar-refractivity contribution in [2.24, 2.45) is 0 Å². The maximum atomic E-state index is 12.7. The van der Waals surface area contributed by atoms with Crippen molar-refractivity contribution >= 4 is 17.7 Å². The molecule has 0 aliphatic heterocycles. The van der Waals surface area contributed by atoms with E-state index >= 15 is 0 Å². The van der Waals surface area contributed by atoms with Gasteiger partial charge in [0.2, 0.25) is 0 Å². The van der Waals surface area contributed by atoms with Crippen LogP contribution in [0.2, 0.25) is 0 Å². The summed E-state index contributed by atoms with van der Waals surface area (Å²) in [4.78, 5) is 33.3. The predicted octanol–water partition coefficient (Wildman–Crippen LogP) is 0.758. The third kappa shape index (κ3) is 2.32. The molecular weight excluding hydrogens is 274 g/mol. The van der Waals surface area contributed by atoms with Gasteiger partial charge in [-0.2, -0.15) is 10.1 Å². The third-order valence-electron chi connectivity index (χ3n) is 3.54. The zero-order chi connectivity index (χ0) is 15.8. The second-order valence-corrected chi connectivity index (χ2v) is 5.14. The minimum Gasteiger partial charge on any atom is -0.480 e. The van der Waals surface area contributed by atoms with Crippen LogP contribution in [0.4, 0.5) is 0 Å². The number of carboxylic acids is 1. The van der Waals surface area contributed by atoms with Gasteiger partial charge in [-0.3, -0.25) is 4.79 Å². The number of rotatable bonds is 4. The summed E-state index contributed by atoms with van der Waals surface area (Å²) in [6, 6.07) is 0. The molecule has 0 bridgehead atoms. The number of aryl methyl sites for hydroxylation is 1. The number of hydrogen-bond donors (Lipinski definition) is 1. The van der Waals surface area contributed by atoms with Crippen molar-refractivity contribution in [1.29, 1.82) is 0 Å². The second-order valence-electron chi connectivity index (χ2n) is 5.14. The van der Waals surface area contributed by atoms with Crippen LogP contribution in [-0.2, 0) is 4.79 Å². The SMILES string of the molecule is CCN(C(=O)c1cnc2ncnn2c1C)C(C)(C)C(=O)O. The molecule has 2 aromatic heterocycles. The molecule has 2 heterocycles. The Hall–Kier alpha value is -2.51. The lowest BCUT2D eigenvalue weighted by atomic mass is 10.0. The lowest BCUT2D eigenvalue weighted by molar-refractivity contribution is -0.147. The lowest BCUT2D eigenvalue weighted by Gasteiger charge is -2.34. The van der Waals surface area contributed by atoms with Crippen molar-refractivity contribution in [3.63, 3.8) is 0 Å². The van der Waals surface area contributed by atoms with Crippen molar-refractivity contribution in [3.8, 4) is 0 Å². The third-order valence-corrected chi connectivity index (χ3v) is 3.54. The van der Waals surface area contributed by atoms with Crippen molar-refractivity contribution in [2.75, 3.05) is 6.54 Å². The number of amides is 1. The van der Waals surface area contributed by atoms with Gasteiger partial charge in [0.15, 0.2) is 0 Å². The Balaban J connectivity index is 2.49. The maximum Gasteiger partial charge on any atom is 0.329 e. The Bertz CT molecular complexity index is 707. The van der Waals surface area contributed by atoms with Crippen molar-refractivity contribution in [1.82, 2.24) is 24.5 Å². The largest absolute Gasteiger partial charge is 0.480 e. The standard InChI is InChI=1S/C13H17N5O3/c1-5-17(13(3,4)11(20)21)10(19)9-6-14-12-15-7-16-18(12)8(9)2/h6-7H,5H2,1-4H3,(H,20,21). The molecule has 8 nitrogen and oxygen atoms in total. The molecule has 0 atom stereocenters. The number of carboxylic acid groups (broad SMARTS) is 1. The summed E-state index contributed by atoms with van der Waals surface area (Å²) in [6.07, 6.45) is 2.75. The molecule has 0 saturated heterocycles. The van der Waals surface area contributed by atoms with Crippen molar-refractivity contribution < 1.29 is 14.7 Å². The van der Waals surface area contributed by atoms with E-state index in [4.69, 9.17) is 0 Å². The van der Waals surface area contributed by atoms with E-state index < -0.39 is 17.4 Å². The first-order valence-corrected chi connectivity index (χ1v) is 6.51. The lowest BCUT2D eigenvalue weighted by Crippen LogP contribution is -2.53. The van der Waals surface area contributed by atoms with Gasteiger partial charge < -0.3 is 10.0 Å². The zero-order valence-electron chi connectivity index (χ0n) is 12.4. The molecule has 112 valence electrons. The molecule has 0 unspecified atom stereocenters. The molecule has 21 heavy (non-hydrogen) atoms. The van der Waals surface area contributed by atoms with Gasteiger partial charge in [0.1, 0.15) is 11.9 Å². The minimum absolute atomic E-state index is 0.271. The first-order valence-electron chi connectivity index (χ1n) is 6.51. The van der Waals surface area contributed by atoms with E-state index in [-0.39, 0.29) is 6.54 Å². The van der Waals surface area contributed by atoms with Crippen molar-refractivity contribution in [2.45, 2.75) is 33.2 Å². The highest BCUT2D eigenvalue weighted by molar-refractivity contribution is 5.98. The van der Waals surface area contributed by atoms with Crippen LogP contribution in [-0.4, -0.2) is 53.5 Å². The molecular formula is C13H17N5O3. The van der Waals surface area contributed by atoms with Crippen LogP contribution in [0.15, 0.2) is 12.5 Å². The molecule has 2 aromatic rings. The number of aliphatic carboxylic acids is 1. The average molecular weight is 291 g/mol. The quantitative estimate of drug-likeness (QED) is 0.892.